The molecular weight excluding hydrogens is 186 g/mol. The normalized spacial score (nSPS) is 15.4. The van der Waals surface area contributed by atoms with Crippen LogP contribution in [0.1, 0.15) is 31.0 Å². The predicted molar refractivity (Wildman–Crippen MR) is 62.9 cm³/mol. The maximum Gasteiger partial charge on any atom is 0.129 e. The van der Waals surface area contributed by atoms with Crippen molar-refractivity contribution >= 4 is 5.82 Å². The molecule has 82 valence electrons. The lowest BCUT2D eigenvalue weighted by atomic mass is 10.2. The smallest absolute Gasteiger partial charge is 0.129 e. The van der Waals surface area contributed by atoms with Crippen molar-refractivity contribution in [1.82, 2.24) is 4.98 Å². The lowest BCUT2D eigenvalue weighted by Crippen LogP contribution is -2.26. The van der Waals surface area contributed by atoms with Crippen LogP contribution in [0.4, 0.5) is 5.82 Å². The van der Waals surface area contributed by atoms with Gasteiger partial charge in [-0.25, -0.2) is 4.98 Å². The third kappa shape index (κ3) is 2.12. The highest BCUT2D eigenvalue weighted by molar-refractivity contribution is 5.43. The van der Waals surface area contributed by atoms with Gasteiger partial charge in [0.2, 0.25) is 0 Å². The van der Waals surface area contributed by atoms with Gasteiger partial charge in [0.25, 0.3) is 0 Å². The summed E-state index contributed by atoms with van der Waals surface area (Å²) < 4.78 is 0. The van der Waals surface area contributed by atoms with Crippen LogP contribution in [0, 0.1) is 6.92 Å². The van der Waals surface area contributed by atoms with Crippen LogP contribution < -0.4 is 10.6 Å². The van der Waals surface area contributed by atoms with Crippen molar-refractivity contribution < 1.29 is 0 Å². The lowest BCUT2D eigenvalue weighted by molar-refractivity contribution is 0.802. The molecule has 0 aliphatic heterocycles. The van der Waals surface area contributed by atoms with Gasteiger partial charge in [0, 0.05) is 24.8 Å². The summed E-state index contributed by atoms with van der Waals surface area (Å²) in [5, 5.41) is 0. The van der Waals surface area contributed by atoms with E-state index in [2.05, 4.69) is 28.9 Å². The highest BCUT2D eigenvalue weighted by Crippen LogP contribution is 2.30. The molecule has 0 aromatic carbocycles. The summed E-state index contributed by atoms with van der Waals surface area (Å²) in [4.78, 5) is 7.00. The van der Waals surface area contributed by atoms with Gasteiger partial charge in [-0.05, 0) is 38.3 Å². The second-order valence-electron chi connectivity index (χ2n) is 4.14. The van der Waals surface area contributed by atoms with E-state index in [1.54, 1.807) is 0 Å². The second-order valence-corrected chi connectivity index (χ2v) is 4.14. The van der Waals surface area contributed by atoms with E-state index in [-0.39, 0.29) is 0 Å². The topological polar surface area (TPSA) is 42.1 Å². The highest BCUT2D eigenvalue weighted by Gasteiger charge is 2.28. The Labute approximate surface area is 91.3 Å². The van der Waals surface area contributed by atoms with Crippen LogP contribution in [0.5, 0.6) is 0 Å². The van der Waals surface area contributed by atoms with Crippen molar-refractivity contribution in [2.75, 3.05) is 11.4 Å². The molecule has 1 saturated carbocycles. The molecule has 1 heterocycles. The molecule has 2 rings (SSSR count). The van der Waals surface area contributed by atoms with Crippen molar-refractivity contribution in [2.45, 2.75) is 39.3 Å². The molecule has 15 heavy (non-hydrogen) atoms. The fourth-order valence-corrected chi connectivity index (χ4v) is 1.95. The molecule has 0 spiro atoms. The molecule has 1 aliphatic carbocycles. The van der Waals surface area contributed by atoms with Crippen molar-refractivity contribution in [3.05, 3.63) is 23.4 Å². The van der Waals surface area contributed by atoms with Gasteiger partial charge in [-0.3, -0.25) is 0 Å². The summed E-state index contributed by atoms with van der Waals surface area (Å²) in [6.45, 7) is 5.84. The number of pyridine rings is 1. The summed E-state index contributed by atoms with van der Waals surface area (Å²) in [7, 11) is 0. The summed E-state index contributed by atoms with van der Waals surface area (Å²) in [5.74, 6) is 1.11. The van der Waals surface area contributed by atoms with Crippen molar-refractivity contribution in [1.29, 1.82) is 0 Å². The summed E-state index contributed by atoms with van der Waals surface area (Å²) >= 11 is 0. The number of aromatic nitrogens is 1. The van der Waals surface area contributed by atoms with Gasteiger partial charge in [0.05, 0.1) is 0 Å². The minimum atomic E-state index is 0.578. The quantitative estimate of drug-likeness (QED) is 0.815. The molecule has 1 aromatic rings. The lowest BCUT2D eigenvalue weighted by Gasteiger charge is -2.22. The van der Waals surface area contributed by atoms with Crippen molar-refractivity contribution in [2.24, 2.45) is 5.73 Å². The van der Waals surface area contributed by atoms with E-state index in [1.165, 1.54) is 12.8 Å². The molecule has 2 N–H and O–H groups in total. The molecule has 0 saturated heterocycles. The van der Waals surface area contributed by atoms with E-state index in [0.29, 0.717) is 6.54 Å². The van der Waals surface area contributed by atoms with Crippen molar-refractivity contribution in [3.8, 4) is 0 Å². The van der Waals surface area contributed by atoms with Crippen LogP contribution in [0.15, 0.2) is 12.1 Å². The number of rotatable bonds is 4. The first-order valence-corrected chi connectivity index (χ1v) is 5.69. The average Bonchev–Trinajstić information content (AvgIpc) is 3.03. The van der Waals surface area contributed by atoms with Gasteiger partial charge in [-0.2, -0.15) is 0 Å². The monoisotopic (exact) mass is 205 g/mol. The Bertz CT molecular complexity index is 345. The molecule has 0 atom stereocenters. The van der Waals surface area contributed by atoms with Gasteiger partial charge >= 0.3 is 0 Å². The number of nitrogens with zero attached hydrogens (tertiary/aromatic N) is 2. The van der Waals surface area contributed by atoms with Crippen LogP contribution in [0.3, 0.4) is 0 Å². The minimum Gasteiger partial charge on any atom is -0.354 e. The van der Waals surface area contributed by atoms with Gasteiger partial charge in [-0.1, -0.05) is 6.07 Å². The zero-order chi connectivity index (χ0) is 10.8. The molecule has 0 radical (unpaired) electrons. The van der Waals surface area contributed by atoms with E-state index in [4.69, 9.17) is 5.73 Å². The Kier molecular flexibility index (Phi) is 2.91. The molecule has 1 aliphatic rings. The Balaban J connectivity index is 2.23. The first-order valence-electron chi connectivity index (χ1n) is 5.69. The summed E-state index contributed by atoms with van der Waals surface area (Å²) in [6, 6.07) is 4.92. The minimum absolute atomic E-state index is 0.578. The highest BCUT2D eigenvalue weighted by atomic mass is 15.2. The number of hydrogen-bond acceptors (Lipinski definition) is 3. The fourth-order valence-electron chi connectivity index (χ4n) is 1.95. The van der Waals surface area contributed by atoms with Gasteiger partial charge < -0.3 is 10.6 Å². The summed E-state index contributed by atoms with van der Waals surface area (Å²) in [5.41, 5.74) is 7.84. The van der Waals surface area contributed by atoms with E-state index in [0.717, 1.165) is 29.7 Å². The number of nitrogens with two attached hydrogens (primary N) is 1. The van der Waals surface area contributed by atoms with Crippen LogP contribution in [-0.2, 0) is 6.54 Å². The number of aryl methyl sites for hydroxylation is 1. The second kappa shape index (κ2) is 4.19. The molecule has 0 unspecified atom stereocenters. The van der Waals surface area contributed by atoms with Crippen LogP contribution in [0.2, 0.25) is 0 Å². The summed E-state index contributed by atoms with van der Waals surface area (Å²) in [6.07, 6.45) is 2.63. The Morgan fingerprint density at radius 3 is 2.67 bits per heavy atom. The molecular formula is C12H19N3. The maximum atomic E-state index is 5.63. The van der Waals surface area contributed by atoms with Crippen LogP contribution in [0.25, 0.3) is 0 Å². The van der Waals surface area contributed by atoms with E-state index in [9.17, 15) is 0 Å². The largest absolute Gasteiger partial charge is 0.354 e. The average molecular weight is 205 g/mol. The molecule has 3 nitrogen and oxygen atoms in total. The van der Waals surface area contributed by atoms with E-state index in [1.807, 2.05) is 6.92 Å². The van der Waals surface area contributed by atoms with Crippen LogP contribution in [-0.4, -0.2) is 17.6 Å². The Morgan fingerprint density at radius 2 is 2.20 bits per heavy atom. The van der Waals surface area contributed by atoms with E-state index < -0.39 is 0 Å². The van der Waals surface area contributed by atoms with E-state index >= 15 is 0 Å². The SMILES string of the molecule is CCN(c1ccc(CN)c(C)n1)C1CC1. The standard InChI is InChI=1S/C12H19N3/c1-3-15(11-5-6-11)12-7-4-10(8-13)9(2)14-12/h4,7,11H,3,5-6,8,13H2,1-2H3. The number of anilines is 1. The molecule has 1 aromatic heterocycles. The van der Waals surface area contributed by atoms with Gasteiger partial charge in [-0.15, -0.1) is 0 Å². The zero-order valence-corrected chi connectivity index (χ0v) is 9.53. The van der Waals surface area contributed by atoms with Gasteiger partial charge in [0.1, 0.15) is 5.82 Å². The predicted octanol–water partition coefficient (Wildman–Crippen LogP) is 1.84. The zero-order valence-electron chi connectivity index (χ0n) is 9.53. The first-order chi connectivity index (χ1) is 7.26. The molecule has 0 bridgehead atoms. The molecule has 1 fully saturated rings. The molecule has 0 amide bonds. The van der Waals surface area contributed by atoms with Crippen molar-refractivity contribution in [3.63, 3.8) is 0 Å². The Hall–Kier alpha value is -1.09. The maximum absolute atomic E-state index is 5.63. The van der Waals surface area contributed by atoms with Crippen LogP contribution >= 0.6 is 0 Å². The first kappa shape index (κ1) is 10.4. The van der Waals surface area contributed by atoms with Gasteiger partial charge in [0.15, 0.2) is 0 Å². The fraction of sp³-hybridized carbons (Fsp3) is 0.583. The Morgan fingerprint density at radius 1 is 1.47 bits per heavy atom. The number of hydrogen-bond donors (Lipinski definition) is 1. The third-order valence-corrected chi connectivity index (χ3v) is 3.02. The third-order valence-electron chi connectivity index (χ3n) is 3.02. The molecule has 3 heteroatoms.